The minimum atomic E-state index is 0.150. The molecule has 7 nitrogen and oxygen atoms in total. The predicted octanol–water partition coefficient (Wildman–Crippen LogP) is 1.59. The van der Waals surface area contributed by atoms with Crippen molar-refractivity contribution in [1.82, 2.24) is 24.6 Å². The van der Waals surface area contributed by atoms with E-state index in [0.717, 1.165) is 50.3 Å². The van der Waals surface area contributed by atoms with Crippen molar-refractivity contribution in [2.75, 3.05) is 25.5 Å². The Bertz CT molecular complexity index is 640. The van der Waals surface area contributed by atoms with Gasteiger partial charge < -0.3 is 10.2 Å². The van der Waals surface area contributed by atoms with Crippen LogP contribution in [0.4, 0.5) is 5.82 Å². The first-order chi connectivity index (χ1) is 11.7. The van der Waals surface area contributed by atoms with Crippen molar-refractivity contribution in [3.63, 3.8) is 0 Å². The molecule has 1 aliphatic rings. The molecule has 128 valence electrons. The normalized spacial score (nSPS) is 18.2. The second kappa shape index (κ2) is 7.90. The monoisotopic (exact) mass is 328 g/mol. The molecule has 0 saturated carbocycles. The summed E-state index contributed by atoms with van der Waals surface area (Å²) in [7, 11) is 1.84. The Morgan fingerprint density at radius 2 is 2.21 bits per heavy atom. The van der Waals surface area contributed by atoms with Gasteiger partial charge in [-0.1, -0.05) is 0 Å². The highest BCUT2D eigenvalue weighted by Gasteiger charge is 2.21. The van der Waals surface area contributed by atoms with E-state index in [1.807, 2.05) is 30.4 Å². The van der Waals surface area contributed by atoms with Gasteiger partial charge in [0.25, 0.3) is 0 Å². The largest absolute Gasteiger partial charge is 0.372 e. The summed E-state index contributed by atoms with van der Waals surface area (Å²) >= 11 is 0. The van der Waals surface area contributed by atoms with E-state index >= 15 is 0 Å². The first-order valence-corrected chi connectivity index (χ1v) is 8.48. The minimum Gasteiger partial charge on any atom is -0.372 e. The SMILES string of the molecule is CNc1cnc(CC2CCCN(C(=O)Cn3cccn3)CC2)cn1. The van der Waals surface area contributed by atoms with Gasteiger partial charge in [-0.3, -0.25) is 14.5 Å². The second-order valence-electron chi connectivity index (χ2n) is 6.23. The van der Waals surface area contributed by atoms with Crippen LogP contribution in [0.5, 0.6) is 0 Å². The lowest BCUT2D eigenvalue weighted by Gasteiger charge is -2.20. The average Bonchev–Trinajstić information content (AvgIpc) is 3.00. The number of carbonyl (C=O) groups excluding carboxylic acids is 1. The van der Waals surface area contributed by atoms with Gasteiger partial charge in [0.1, 0.15) is 12.4 Å². The Morgan fingerprint density at radius 1 is 1.29 bits per heavy atom. The molecule has 2 aromatic rings. The van der Waals surface area contributed by atoms with Gasteiger partial charge in [-0.05, 0) is 37.7 Å². The van der Waals surface area contributed by atoms with Gasteiger partial charge in [0, 0.05) is 32.5 Å². The zero-order chi connectivity index (χ0) is 16.8. The van der Waals surface area contributed by atoms with Crippen LogP contribution in [0.2, 0.25) is 0 Å². The number of rotatable bonds is 5. The van der Waals surface area contributed by atoms with Crippen molar-refractivity contribution in [2.45, 2.75) is 32.2 Å². The molecule has 1 amide bonds. The molecule has 1 saturated heterocycles. The Hall–Kier alpha value is -2.44. The van der Waals surface area contributed by atoms with Crippen molar-refractivity contribution in [1.29, 1.82) is 0 Å². The number of hydrogen-bond donors (Lipinski definition) is 1. The molecule has 3 heterocycles. The van der Waals surface area contributed by atoms with Crippen LogP contribution in [0, 0.1) is 5.92 Å². The molecule has 1 N–H and O–H groups in total. The van der Waals surface area contributed by atoms with Gasteiger partial charge in [0.05, 0.1) is 18.1 Å². The molecule has 2 aromatic heterocycles. The van der Waals surface area contributed by atoms with E-state index in [4.69, 9.17) is 0 Å². The van der Waals surface area contributed by atoms with Crippen LogP contribution in [0.25, 0.3) is 0 Å². The first-order valence-electron chi connectivity index (χ1n) is 8.48. The number of nitrogens with one attached hydrogen (secondary N) is 1. The maximum absolute atomic E-state index is 12.4. The van der Waals surface area contributed by atoms with Crippen molar-refractivity contribution < 1.29 is 4.79 Å². The number of likely N-dealkylation sites (tertiary alicyclic amines) is 1. The molecule has 0 aliphatic carbocycles. The Balaban J connectivity index is 1.51. The molecule has 1 atom stereocenters. The number of amides is 1. The van der Waals surface area contributed by atoms with Gasteiger partial charge >= 0.3 is 0 Å². The van der Waals surface area contributed by atoms with Crippen LogP contribution in [-0.4, -0.2) is 50.7 Å². The Labute approximate surface area is 142 Å². The van der Waals surface area contributed by atoms with Gasteiger partial charge in [0.15, 0.2) is 0 Å². The van der Waals surface area contributed by atoms with E-state index in [9.17, 15) is 4.79 Å². The van der Waals surface area contributed by atoms with Crippen LogP contribution < -0.4 is 5.32 Å². The molecule has 24 heavy (non-hydrogen) atoms. The molecule has 1 unspecified atom stereocenters. The summed E-state index contributed by atoms with van der Waals surface area (Å²) in [6.45, 7) is 1.97. The van der Waals surface area contributed by atoms with Gasteiger partial charge in [-0.25, -0.2) is 4.98 Å². The zero-order valence-corrected chi connectivity index (χ0v) is 14.1. The quantitative estimate of drug-likeness (QED) is 0.902. The van der Waals surface area contributed by atoms with Crippen molar-refractivity contribution >= 4 is 11.7 Å². The summed E-state index contributed by atoms with van der Waals surface area (Å²) in [6.07, 6.45) is 11.2. The fourth-order valence-corrected chi connectivity index (χ4v) is 3.14. The van der Waals surface area contributed by atoms with Crippen LogP contribution in [0.3, 0.4) is 0 Å². The fourth-order valence-electron chi connectivity index (χ4n) is 3.14. The number of carbonyl (C=O) groups is 1. The van der Waals surface area contributed by atoms with E-state index in [0.29, 0.717) is 12.5 Å². The molecular weight excluding hydrogens is 304 g/mol. The van der Waals surface area contributed by atoms with E-state index in [1.165, 1.54) is 0 Å². The summed E-state index contributed by atoms with van der Waals surface area (Å²) in [5, 5.41) is 7.09. The second-order valence-corrected chi connectivity index (χ2v) is 6.23. The molecule has 0 radical (unpaired) electrons. The van der Waals surface area contributed by atoms with Crippen molar-refractivity contribution in [3.8, 4) is 0 Å². The van der Waals surface area contributed by atoms with Crippen LogP contribution in [0.15, 0.2) is 30.9 Å². The summed E-state index contributed by atoms with van der Waals surface area (Å²) in [5.74, 6) is 1.50. The fraction of sp³-hybridized carbons (Fsp3) is 0.529. The van der Waals surface area contributed by atoms with Gasteiger partial charge in [0.2, 0.25) is 5.91 Å². The maximum Gasteiger partial charge on any atom is 0.244 e. The van der Waals surface area contributed by atoms with Crippen LogP contribution >= 0.6 is 0 Å². The molecule has 7 heteroatoms. The first kappa shape index (κ1) is 16.4. The van der Waals surface area contributed by atoms with Crippen LogP contribution in [0.1, 0.15) is 25.0 Å². The van der Waals surface area contributed by atoms with Crippen molar-refractivity contribution in [2.24, 2.45) is 5.92 Å². The summed E-state index contributed by atoms with van der Waals surface area (Å²) in [5.41, 5.74) is 1.02. The van der Waals surface area contributed by atoms with Crippen molar-refractivity contribution in [3.05, 3.63) is 36.5 Å². The number of anilines is 1. The minimum absolute atomic E-state index is 0.150. The molecule has 3 rings (SSSR count). The number of hydrogen-bond acceptors (Lipinski definition) is 5. The van der Waals surface area contributed by atoms with Gasteiger partial charge in [-0.2, -0.15) is 5.10 Å². The molecule has 0 bridgehead atoms. The molecule has 1 fully saturated rings. The van der Waals surface area contributed by atoms with E-state index < -0.39 is 0 Å². The lowest BCUT2D eigenvalue weighted by Crippen LogP contribution is -2.34. The smallest absolute Gasteiger partial charge is 0.244 e. The number of aromatic nitrogens is 4. The topological polar surface area (TPSA) is 75.9 Å². The third-order valence-corrected chi connectivity index (χ3v) is 4.52. The molecule has 1 aliphatic heterocycles. The van der Waals surface area contributed by atoms with Crippen LogP contribution in [-0.2, 0) is 17.8 Å². The summed E-state index contributed by atoms with van der Waals surface area (Å²) in [4.78, 5) is 23.1. The standard InChI is InChI=1S/C17H24N6O/c1-18-16-12-19-15(11-20-16)10-14-4-2-7-22(9-5-14)17(24)13-23-8-3-6-21-23/h3,6,8,11-12,14H,2,4-5,7,9-10,13H2,1H3,(H,18,20). The van der Waals surface area contributed by atoms with Gasteiger partial charge in [-0.15, -0.1) is 0 Å². The highest BCUT2D eigenvalue weighted by atomic mass is 16.2. The Morgan fingerprint density at radius 3 is 2.92 bits per heavy atom. The molecular formula is C17H24N6O. The van der Waals surface area contributed by atoms with E-state index in [1.54, 1.807) is 17.1 Å². The lowest BCUT2D eigenvalue weighted by molar-refractivity contribution is -0.132. The number of nitrogens with zero attached hydrogens (tertiary/aromatic N) is 5. The highest BCUT2D eigenvalue weighted by molar-refractivity contribution is 5.75. The zero-order valence-electron chi connectivity index (χ0n) is 14.1. The average molecular weight is 328 g/mol. The Kier molecular flexibility index (Phi) is 5.40. The highest BCUT2D eigenvalue weighted by Crippen LogP contribution is 2.21. The summed E-state index contributed by atoms with van der Waals surface area (Å²) < 4.78 is 1.68. The third-order valence-electron chi connectivity index (χ3n) is 4.52. The lowest BCUT2D eigenvalue weighted by atomic mass is 9.95. The molecule has 0 spiro atoms. The summed E-state index contributed by atoms with van der Waals surface area (Å²) in [6, 6.07) is 1.84. The van der Waals surface area contributed by atoms with E-state index in [2.05, 4.69) is 20.4 Å². The molecule has 0 aromatic carbocycles. The maximum atomic E-state index is 12.4. The van der Waals surface area contributed by atoms with E-state index in [-0.39, 0.29) is 5.91 Å². The third kappa shape index (κ3) is 4.31. The predicted molar refractivity (Wildman–Crippen MR) is 91.4 cm³/mol.